The van der Waals surface area contributed by atoms with Crippen LogP contribution in [0.15, 0.2) is 0 Å². The molecule has 0 amide bonds. The second-order valence-corrected chi connectivity index (χ2v) is 11.5. The molecule has 120 valence electrons. The van der Waals surface area contributed by atoms with Gasteiger partial charge in [0.15, 0.2) is 0 Å². The Labute approximate surface area is 135 Å². The van der Waals surface area contributed by atoms with Crippen molar-refractivity contribution < 1.29 is 9.53 Å². The zero-order valence-electron chi connectivity index (χ0n) is 14.2. The summed E-state index contributed by atoms with van der Waals surface area (Å²) in [6.45, 7) is 9.25. The number of ketones is 1. The van der Waals surface area contributed by atoms with Crippen molar-refractivity contribution >= 4 is 20.7 Å². The van der Waals surface area contributed by atoms with Crippen molar-refractivity contribution in [2.24, 2.45) is 16.7 Å². The van der Waals surface area contributed by atoms with Crippen molar-refractivity contribution in [1.29, 1.82) is 0 Å². The van der Waals surface area contributed by atoms with Gasteiger partial charge in [-0.05, 0) is 0 Å². The first-order valence-corrected chi connectivity index (χ1v) is 10.5. The third kappa shape index (κ3) is 2.18. The van der Waals surface area contributed by atoms with E-state index in [2.05, 4.69) is 27.7 Å². The second-order valence-electron chi connectivity index (χ2n) is 8.42. The zero-order valence-corrected chi connectivity index (χ0v) is 15.9. The van der Waals surface area contributed by atoms with E-state index in [0.29, 0.717) is 26.7 Å². The van der Waals surface area contributed by atoms with E-state index in [1.165, 1.54) is 25.7 Å². The van der Waals surface area contributed by atoms with Gasteiger partial charge in [-0.1, -0.05) is 0 Å². The Kier molecular flexibility index (Phi) is 3.87. The van der Waals surface area contributed by atoms with Crippen LogP contribution in [0.5, 0.6) is 0 Å². The van der Waals surface area contributed by atoms with Crippen molar-refractivity contribution in [2.45, 2.75) is 81.5 Å². The van der Waals surface area contributed by atoms with Crippen molar-refractivity contribution in [3.63, 3.8) is 0 Å². The van der Waals surface area contributed by atoms with Gasteiger partial charge in [-0.3, -0.25) is 0 Å². The average molecular weight is 357 g/mol. The quantitative estimate of drug-likeness (QED) is 0.705. The predicted octanol–water partition coefficient (Wildman–Crippen LogP) is 4.27. The monoisotopic (exact) mass is 358 g/mol. The van der Waals surface area contributed by atoms with Crippen LogP contribution in [-0.4, -0.2) is 33.5 Å². The molecular formula is C18H30O2Se. The summed E-state index contributed by atoms with van der Waals surface area (Å²) >= 11 is 0.603. The third-order valence-electron chi connectivity index (χ3n) is 7.30. The number of carbonyl (C=O) groups excluding carboxylic acids is 1. The van der Waals surface area contributed by atoms with Crippen LogP contribution in [0.4, 0.5) is 0 Å². The van der Waals surface area contributed by atoms with Crippen LogP contribution in [-0.2, 0) is 9.53 Å². The standard InChI is InChI=1S/C18H30O2Se/c1-16(2)12-10-14(19)17(16,3)11-13(12)21-15-8-6-7-9-18(15,4)20-5/h12-13,15H,6-11H2,1-5H3/t12?,13-,15?,17?,18?/m1/s1. The Hall–Kier alpha value is 0.149. The molecule has 0 aromatic heterocycles. The van der Waals surface area contributed by atoms with E-state index in [1.807, 2.05) is 7.11 Å². The molecule has 0 N–H and O–H groups in total. The number of rotatable bonds is 3. The number of methoxy groups -OCH3 is 1. The molecule has 4 unspecified atom stereocenters. The maximum absolute atomic E-state index is 12.4. The number of ether oxygens (including phenoxy) is 1. The van der Waals surface area contributed by atoms with Crippen LogP contribution < -0.4 is 0 Å². The fourth-order valence-corrected chi connectivity index (χ4v) is 9.83. The maximum atomic E-state index is 12.4. The van der Waals surface area contributed by atoms with Crippen LogP contribution >= 0.6 is 0 Å². The molecule has 21 heavy (non-hydrogen) atoms. The van der Waals surface area contributed by atoms with E-state index >= 15 is 0 Å². The normalized spacial score (nSPS) is 48.8. The molecule has 3 heteroatoms. The van der Waals surface area contributed by atoms with Gasteiger partial charge in [-0.25, -0.2) is 0 Å². The van der Waals surface area contributed by atoms with Crippen LogP contribution in [0.25, 0.3) is 0 Å². The fraction of sp³-hybridized carbons (Fsp3) is 0.944. The first-order chi connectivity index (χ1) is 9.74. The first kappa shape index (κ1) is 16.0. The van der Waals surface area contributed by atoms with Gasteiger partial charge in [0.05, 0.1) is 0 Å². The van der Waals surface area contributed by atoms with Gasteiger partial charge in [-0.2, -0.15) is 0 Å². The zero-order chi connectivity index (χ0) is 15.5. The molecule has 0 aromatic carbocycles. The Morgan fingerprint density at radius 3 is 2.43 bits per heavy atom. The van der Waals surface area contributed by atoms with Gasteiger partial charge in [-0.15, -0.1) is 0 Å². The second kappa shape index (κ2) is 5.08. The van der Waals surface area contributed by atoms with Gasteiger partial charge in [0, 0.05) is 0 Å². The molecular weight excluding hydrogens is 327 g/mol. The Morgan fingerprint density at radius 2 is 1.90 bits per heavy atom. The van der Waals surface area contributed by atoms with Gasteiger partial charge < -0.3 is 0 Å². The summed E-state index contributed by atoms with van der Waals surface area (Å²) in [7, 11) is 1.89. The van der Waals surface area contributed by atoms with Gasteiger partial charge >= 0.3 is 136 Å². The van der Waals surface area contributed by atoms with E-state index in [4.69, 9.17) is 4.74 Å². The molecule has 0 radical (unpaired) electrons. The summed E-state index contributed by atoms with van der Waals surface area (Å²) in [6.07, 6.45) is 7.20. The Bertz CT molecular complexity index is 446. The molecule has 0 aromatic rings. The van der Waals surface area contributed by atoms with Crippen molar-refractivity contribution in [3.05, 3.63) is 0 Å². The number of fused-ring (bicyclic) bond motifs is 2. The molecule has 3 fully saturated rings. The van der Waals surface area contributed by atoms with Crippen molar-refractivity contribution in [1.82, 2.24) is 0 Å². The molecule has 3 aliphatic carbocycles. The van der Waals surface area contributed by atoms with Crippen molar-refractivity contribution in [3.8, 4) is 0 Å². The van der Waals surface area contributed by atoms with E-state index < -0.39 is 0 Å². The summed E-state index contributed by atoms with van der Waals surface area (Å²) in [6, 6.07) is 0. The van der Waals surface area contributed by atoms with E-state index in [-0.39, 0.29) is 16.4 Å². The van der Waals surface area contributed by atoms with Crippen molar-refractivity contribution in [2.75, 3.05) is 7.11 Å². The minimum absolute atomic E-state index is 0.0533. The molecule has 2 nitrogen and oxygen atoms in total. The number of carbonyl (C=O) groups is 1. The predicted molar refractivity (Wildman–Crippen MR) is 86.8 cm³/mol. The number of Topliss-reactive ketones (excluding diaryl/α,β-unsaturated/α-hetero) is 1. The van der Waals surface area contributed by atoms with E-state index in [1.54, 1.807) is 0 Å². The van der Waals surface area contributed by atoms with Crippen LogP contribution in [0.3, 0.4) is 0 Å². The molecule has 3 aliphatic rings. The molecule has 0 aliphatic heterocycles. The number of hydrogen-bond donors (Lipinski definition) is 0. The van der Waals surface area contributed by atoms with E-state index in [0.717, 1.165) is 22.5 Å². The van der Waals surface area contributed by atoms with Gasteiger partial charge in [0.1, 0.15) is 0 Å². The van der Waals surface area contributed by atoms with Gasteiger partial charge in [0.25, 0.3) is 0 Å². The van der Waals surface area contributed by atoms with Crippen LogP contribution in [0.1, 0.15) is 66.2 Å². The summed E-state index contributed by atoms with van der Waals surface area (Å²) < 4.78 is 5.93. The third-order valence-corrected chi connectivity index (χ3v) is 11.3. The Balaban J connectivity index is 1.77. The number of hydrogen-bond acceptors (Lipinski definition) is 2. The topological polar surface area (TPSA) is 26.3 Å². The first-order valence-electron chi connectivity index (χ1n) is 8.48. The fourth-order valence-electron chi connectivity index (χ4n) is 5.04. The summed E-state index contributed by atoms with van der Waals surface area (Å²) in [5.74, 6) is 1.15. The van der Waals surface area contributed by atoms with E-state index in [9.17, 15) is 4.79 Å². The molecule has 5 atom stereocenters. The average Bonchev–Trinajstić information content (AvgIpc) is 2.72. The summed E-state index contributed by atoms with van der Waals surface area (Å²) in [4.78, 5) is 13.9. The summed E-state index contributed by atoms with van der Waals surface area (Å²) in [5.41, 5.74) is 0.242. The SMILES string of the molecule is COC1(C)CCCCC1[Se][C@@H]1CC2(C)C(=O)CC1C2(C)C. The molecule has 3 rings (SSSR count). The molecule has 0 heterocycles. The molecule has 0 saturated heterocycles. The van der Waals surface area contributed by atoms with Gasteiger partial charge in [0.2, 0.25) is 0 Å². The minimum atomic E-state index is -0.0533. The molecule has 3 saturated carbocycles. The van der Waals surface area contributed by atoms with Crippen LogP contribution in [0.2, 0.25) is 9.63 Å². The Morgan fingerprint density at radius 1 is 1.19 bits per heavy atom. The molecule has 0 spiro atoms. The summed E-state index contributed by atoms with van der Waals surface area (Å²) in [5, 5.41) is 0. The van der Waals surface area contributed by atoms with Crippen LogP contribution in [0, 0.1) is 16.7 Å². The molecule has 2 bridgehead atoms.